The molecule has 6 nitrogen and oxygen atoms in total. The lowest BCUT2D eigenvalue weighted by Crippen LogP contribution is -2.07. The fraction of sp³-hybridized carbons (Fsp3) is 0. The van der Waals surface area contributed by atoms with E-state index in [0.717, 1.165) is 11.3 Å². The van der Waals surface area contributed by atoms with E-state index < -0.39 is 0 Å². The van der Waals surface area contributed by atoms with Crippen molar-refractivity contribution >= 4 is 17.7 Å². The van der Waals surface area contributed by atoms with Gasteiger partial charge in [0.25, 0.3) is 0 Å². The fourth-order valence-corrected chi connectivity index (χ4v) is 1.91. The summed E-state index contributed by atoms with van der Waals surface area (Å²) < 4.78 is 14.3. The number of tetrazole rings is 1. The van der Waals surface area contributed by atoms with Crippen molar-refractivity contribution in [3.05, 3.63) is 72.3 Å². The number of carbonyl (C=O) groups excluding carboxylic acids is 1. The molecule has 2 aromatic carbocycles. The third kappa shape index (κ3) is 3.85. The van der Waals surface area contributed by atoms with Crippen LogP contribution in [0, 0.1) is 5.82 Å². The molecular formula is C16H12FN5O. The number of rotatable bonds is 4. The molecule has 0 bridgehead atoms. The molecule has 3 aromatic rings. The van der Waals surface area contributed by atoms with Crippen LogP contribution in [0.4, 0.5) is 10.1 Å². The number of halogens is 1. The van der Waals surface area contributed by atoms with Gasteiger partial charge < -0.3 is 5.32 Å². The van der Waals surface area contributed by atoms with E-state index in [4.69, 9.17) is 0 Å². The van der Waals surface area contributed by atoms with Crippen molar-refractivity contribution in [2.45, 2.75) is 0 Å². The lowest BCUT2D eigenvalue weighted by molar-refractivity contribution is -0.111. The van der Waals surface area contributed by atoms with Crippen molar-refractivity contribution < 1.29 is 9.18 Å². The van der Waals surface area contributed by atoms with E-state index >= 15 is 0 Å². The Kier molecular flexibility index (Phi) is 4.19. The molecule has 0 aliphatic heterocycles. The first-order valence-electron chi connectivity index (χ1n) is 6.79. The van der Waals surface area contributed by atoms with Gasteiger partial charge in [0.05, 0.1) is 5.69 Å². The Balaban J connectivity index is 1.62. The summed E-state index contributed by atoms with van der Waals surface area (Å²) in [7, 11) is 0. The van der Waals surface area contributed by atoms with Crippen LogP contribution in [-0.4, -0.2) is 26.1 Å². The number of aromatic nitrogens is 4. The molecule has 1 amide bonds. The second-order valence-electron chi connectivity index (χ2n) is 4.68. The summed E-state index contributed by atoms with van der Waals surface area (Å²) >= 11 is 0. The Morgan fingerprint density at radius 3 is 2.48 bits per heavy atom. The van der Waals surface area contributed by atoms with Crippen molar-refractivity contribution in [1.29, 1.82) is 0 Å². The van der Waals surface area contributed by atoms with Gasteiger partial charge >= 0.3 is 0 Å². The van der Waals surface area contributed by atoms with Gasteiger partial charge in [-0.05, 0) is 58.5 Å². The number of hydrogen-bond acceptors (Lipinski definition) is 4. The predicted octanol–water partition coefficient (Wildman–Crippen LogP) is 2.45. The smallest absolute Gasteiger partial charge is 0.248 e. The van der Waals surface area contributed by atoms with Crippen LogP contribution in [0.25, 0.3) is 11.8 Å². The molecule has 0 saturated heterocycles. The van der Waals surface area contributed by atoms with Gasteiger partial charge in [0.1, 0.15) is 12.1 Å². The molecule has 0 fully saturated rings. The molecule has 0 unspecified atom stereocenters. The third-order valence-electron chi connectivity index (χ3n) is 3.05. The number of anilines is 1. The van der Waals surface area contributed by atoms with Crippen molar-refractivity contribution in [2.75, 3.05) is 5.32 Å². The number of nitrogens with zero attached hydrogens (tertiary/aromatic N) is 4. The lowest BCUT2D eigenvalue weighted by atomic mass is 10.2. The van der Waals surface area contributed by atoms with Crippen molar-refractivity contribution in [2.24, 2.45) is 0 Å². The topological polar surface area (TPSA) is 72.7 Å². The van der Waals surface area contributed by atoms with Gasteiger partial charge in [-0.25, -0.2) is 9.07 Å². The van der Waals surface area contributed by atoms with E-state index in [1.165, 1.54) is 29.2 Å². The van der Waals surface area contributed by atoms with Crippen LogP contribution in [0.3, 0.4) is 0 Å². The molecule has 0 saturated carbocycles. The van der Waals surface area contributed by atoms with Crippen LogP contribution in [0.15, 0.2) is 60.9 Å². The van der Waals surface area contributed by atoms with E-state index in [9.17, 15) is 9.18 Å². The van der Waals surface area contributed by atoms with E-state index in [1.807, 2.05) is 0 Å². The number of hydrogen-bond donors (Lipinski definition) is 1. The summed E-state index contributed by atoms with van der Waals surface area (Å²) in [5.41, 5.74) is 2.18. The predicted molar refractivity (Wildman–Crippen MR) is 83.2 cm³/mol. The molecule has 1 N–H and O–H groups in total. The highest BCUT2D eigenvalue weighted by Gasteiger charge is 2.01. The lowest BCUT2D eigenvalue weighted by Gasteiger charge is -2.04. The molecular weight excluding hydrogens is 297 g/mol. The highest BCUT2D eigenvalue weighted by atomic mass is 19.1. The maximum atomic E-state index is 12.8. The van der Waals surface area contributed by atoms with Gasteiger partial charge in [0, 0.05) is 11.8 Å². The Morgan fingerprint density at radius 1 is 1.09 bits per heavy atom. The van der Waals surface area contributed by atoms with Crippen LogP contribution in [0.1, 0.15) is 5.56 Å². The molecule has 3 rings (SSSR count). The Morgan fingerprint density at radius 2 is 1.83 bits per heavy atom. The zero-order chi connectivity index (χ0) is 16.1. The van der Waals surface area contributed by atoms with Crippen molar-refractivity contribution in [3.8, 4) is 5.69 Å². The largest absolute Gasteiger partial charge is 0.323 e. The minimum absolute atomic E-state index is 0.274. The van der Waals surface area contributed by atoms with Gasteiger partial charge in [0.2, 0.25) is 5.91 Å². The zero-order valence-electron chi connectivity index (χ0n) is 11.9. The summed E-state index contributed by atoms with van der Waals surface area (Å²) in [6.45, 7) is 0. The number of nitrogens with one attached hydrogen (secondary N) is 1. The SMILES string of the molecule is O=C(C=Cc1ccc(F)cc1)Nc1ccc(-n2cnnn2)cc1. The molecule has 0 aliphatic rings. The molecule has 23 heavy (non-hydrogen) atoms. The van der Waals surface area contributed by atoms with Gasteiger partial charge in [-0.1, -0.05) is 12.1 Å². The molecule has 1 aromatic heterocycles. The molecule has 0 aliphatic carbocycles. The minimum atomic E-state index is -0.311. The fourth-order valence-electron chi connectivity index (χ4n) is 1.91. The summed E-state index contributed by atoms with van der Waals surface area (Å²) in [4.78, 5) is 11.9. The Bertz CT molecular complexity index is 811. The van der Waals surface area contributed by atoms with Crippen molar-refractivity contribution in [1.82, 2.24) is 20.2 Å². The number of benzene rings is 2. The summed E-state index contributed by atoms with van der Waals surface area (Å²) in [6, 6.07) is 13.0. The van der Waals surface area contributed by atoms with Crippen LogP contribution < -0.4 is 5.32 Å². The second-order valence-corrected chi connectivity index (χ2v) is 4.68. The molecule has 0 atom stereocenters. The monoisotopic (exact) mass is 309 g/mol. The molecule has 7 heteroatoms. The van der Waals surface area contributed by atoms with Gasteiger partial charge in [-0.2, -0.15) is 0 Å². The van der Waals surface area contributed by atoms with E-state index in [-0.39, 0.29) is 11.7 Å². The molecule has 0 radical (unpaired) electrons. The van der Waals surface area contributed by atoms with Crippen LogP contribution in [0.2, 0.25) is 0 Å². The third-order valence-corrected chi connectivity index (χ3v) is 3.05. The van der Waals surface area contributed by atoms with Gasteiger partial charge in [-0.3, -0.25) is 4.79 Å². The Hall–Kier alpha value is -3.35. The summed E-state index contributed by atoms with van der Waals surface area (Å²) in [5, 5.41) is 13.6. The maximum Gasteiger partial charge on any atom is 0.248 e. The second kappa shape index (κ2) is 6.61. The summed E-state index contributed by atoms with van der Waals surface area (Å²) in [5.74, 6) is -0.584. The molecule has 114 valence electrons. The van der Waals surface area contributed by atoms with E-state index in [2.05, 4.69) is 20.8 Å². The van der Waals surface area contributed by atoms with Crippen LogP contribution in [0.5, 0.6) is 0 Å². The minimum Gasteiger partial charge on any atom is -0.323 e. The highest BCUT2D eigenvalue weighted by Crippen LogP contribution is 2.12. The van der Waals surface area contributed by atoms with Gasteiger partial charge in [-0.15, -0.1) is 5.10 Å². The average Bonchev–Trinajstić information content (AvgIpc) is 3.09. The van der Waals surface area contributed by atoms with E-state index in [1.54, 1.807) is 42.5 Å². The van der Waals surface area contributed by atoms with Crippen LogP contribution >= 0.6 is 0 Å². The Labute approximate surface area is 131 Å². The number of amides is 1. The normalized spacial score (nSPS) is 10.8. The summed E-state index contributed by atoms with van der Waals surface area (Å²) in [6.07, 6.45) is 4.49. The number of carbonyl (C=O) groups is 1. The van der Waals surface area contributed by atoms with Crippen LogP contribution in [-0.2, 0) is 4.79 Å². The quantitative estimate of drug-likeness (QED) is 0.751. The standard InChI is InChI=1S/C16H12FN5O/c17-13-4-1-12(2-5-13)3-10-16(23)19-14-6-8-15(9-7-14)22-11-18-20-21-22/h1-11H,(H,19,23). The maximum absolute atomic E-state index is 12.8. The van der Waals surface area contributed by atoms with Gasteiger partial charge in [0.15, 0.2) is 0 Å². The van der Waals surface area contributed by atoms with Crippen molar-refractivity contribution in [3.63, 3.8) is 0 Å². The highest BCUT2D eigenvalue weighted by molar-refractivity contribution is 6.01. The average molecular weight is 309 g/mol. The molecule has 1 heterocycles. The molecule has 0 spiro atoms. The van der Waals surface area contributed by atoms with E-state index in [0.29, 0.717) is 5.69 Å². The first-order chi connectivity index (χ1) is 11.2. The zero-order valence-corrected chi connectivity index (χ0v) is 11.9. The first-order valence-corrected chi connectivity index (χ1v) is 6.79. The first kappa shape index (κ1) is 14.6.